The van der Waals surface area contributed by atoms with E-state index in [-0.39, 0.29) is 12.5 Å². The Hall–Kier alpha value is -0.970. The maximum absolute atomic E-state index is 9.59. The summed E-state index contributed by atoms with van der Waals surface area (Å²) in [4.78, 5) is 0. The molecule has 100 valence electrons. The number of nitrogens with two attached hydrogens (primary N) is 1. The zero-order valence-corrected chi connectivity index (χ0v) is 11.1. The highest BCUT2D eigenvalue weighted by molar-refractivity contribution is 6.31. The van der Waals surface area contributed by atoms with Crippen molar-refractivity contribution in [3.05, 3.63) is 22.7 Å². The van der Waals surface area contributed by atoms with E-state index in [0.29, 0.717) is 30.4 Å². The van der Waals surface area contributed by atoms with Crippen LogP contribution in [0.1, 0.15) is 24.8 Å². The van der Waals surface area contributed by atoms with E-state index in [0.717, 1.165) is 11.3 Å². The van der Waals surface area contributed by atoms with E-state index < -0.39 is 6.10 Å². The third kappa shape index (κ3) is 2.88. The maximum Gasteiger partial charge on any atom is 0.162 e. The Kier molecular flexibility index (Phi) is 4.32. The van der Waals surface area contributed by atoms with Crippen molar-refractivity contribution >= 4 is 11.6 Å². The van der Waals surface area contributed by atoms with Crippen molar-refractivity contribution in [2.24, 2.45) is 5.73 Å². The average Bonchev–Trinajstić information content (AvgIpc) is 2.37. The summed E-state index contributed by atoms with van der Waals surface area (Å²) in [5, 5.41) is 10.2. The highest BCUT2D eigenvalue weighted by Gasteiger charge is 2.19. The summed E-state index contributed by atoms with van der Waals surface area (Å²) in [5.41, 5.74) is 6.37. The van der Waals surface area contributed by atoms with Gasteiger partial charge in [-0.05, 0) is 24.0 Å². The van der Waals surface area contributed by atoms with E-state index in [1.165, 1.54) is 0 Å². The van der Waals surface area contributed by atoms with Crippen molar-refractivity contribution in [2.45, 2.75) is 25.4 Å². The second-order valence-electron chi connectivity index (χ2n) is 4.54. The molecule has 1 aromatic rings. The third-order valence-corrected chi connectivity index (χ3v) is 3.42. The summed E-state index contributed by atoms with van der Waals surface area (Å²) in [6.45, 7) is 3.36. The number of ether oxygens (including phenoxy) is 2. The minimum atomic E-state index is -0.510. The van der Waals surface area contributed by atoms with Crippen LogP contribution in [0.5, 0.6) is 11.5 Å². The van der Waals surface area contributed by atoms with Crippen LogP contribution in [0.15, 0.2) is 12.1 Å². The molecule has 4 nitrogen and oxygen atoms in total. The molecule has 0 fully saturated rings. The minimum absolute atomic E-state index is 0.117. The molecular weight excluding hydrogens is 254 g/mol. The largest absolute Gasteiger partial charge is 0.486 e. The number of rotatable bonds is 4. The Morgan fingerprint density at radius 3 is 2.56 bits per heavy atom. The molecule has 3 N–H and O–H groups in total. The predicted molar refractivity (Wildman–Crippen MR) is 70.5 cm³/mol. The fraction of sp³-hybridized carbons (Fsp3) is 0.538. The molecule has 0 aliphatic carbocycles. The molecule has 0 saturated carbocycles. The summed E-state index contributed by atoms with van der Waals surface area (Å²) in [6, 6.07) is 3.67. The summed E-state index contributed by atoms with van der Waals surface area (Å²) in [5.74, 6) is 1.52. The Balaban J connectivity index is 2.22. The van der Waals surface area contributed by atoms with E-state index in [9.17, 15) is 5.11 Å². The smallest absolute Gasteiger partial charge is 0.162 e. The van der Waals surface area contributed by atoms with Crippen molar-refractivity contribution in [3.63, 3.8) is 0 Å². The first kappa shape index (κ1) is 13.5. The molecule has 1 aliphatic rings. The van der Waals surface area contributed by atoms with E-state index in [2.05, 4.69) is 0 Å². The fourth-order valence-electron chi connectivity index (χ4n) is 2.09. The van der Waals surface area contributed by atoms with Crippen molar-refractivity contribution in [3.8, 4) is 11.5 Å². The quantitative estimate of drug-likeness (QED) is 0.878. The Morgan fingerprint density at radius 2 is 1.94 bits per heavy atom. The molecule has 18 heavy (non-hydrogen) atoms. The van der Waals surface area contributed by atoms with Gasteiger partial charge in [0.25, 0.3) is 0 Å². The average molecular weight is 272 g/mol. The number of fused-ring (bicyclic) bond motifs is 1. The Labute approximate surface area is 112 Å². The predicted octanol–water partition coefficient (Wildman–Crippen LogP) is 1.92. The monoisotopic (exact) mass is 271 g/mol. The van der Waals surface area contributed by atoms with Crippen molar-refractivity contribution in [2.75, 3.05) is 19.8 Å². The normalized spacial score (nSPS) is 17.3. The van der Waals surface area contributed by atoms with Crippen molar-refractivity contribution in [1.29, 1.82) is 0 Å². The number of hydrogen-bond acceptors (Lipinski definition) is 4. The highest BCUT2D eigenvalue weighted by atomic mass is 35.5. The van der Waals surface area contributed by atoms with E-state index in [1.54, 1.807) is 6.07 Å². The van der Waals surface area contributed by atoms with Crippen LogP contribution in [0.3, 0.4) is 0 Å². The number of hydrogen-bond donors (Lipinski definition) is 2. The van der Waals surface area contributed by atoms with Gasteiger partial charge in [0.1, 0.15) is 13.2 Å². The molecular formula is C13H18ClNO3. The zero-order valence-electron chi connectivity index (χ0n) is 10.4. The molecule has 2 atom stereocenters. The molecule has 5 heteroatoms. The van der Waals surface area contributed by atoms with Gasteiger partial charge in [0.15, 0.2) is 11.5 Å². The number of halogens is 1. The second kappa shape index (κ2) is 5.78. The van der Waals surface area contributed by atoms with Crippen LogP contribution in [0.25, 0.3) is 0 Å². The third-order valence-electron chi connectivity index (χ3n) is 3.09. The van der Waals surface area contributed by atoms with Gasteiger partial charge in [-0.15, -0.1) is 0 Å². The summed E-state index contributed by atoms with van der Waals surface area (Å²) >= 11 is 6.23. The lowest BCUT2D eigenvalue weighted by atomic mass is 9.94. The van der Waals surface area contributed by atoms with Gasteiger partial charge in [-0.1, -0.05) is 18.5 Å². The topological polar surface area (TPSA) is 64.7 Å². The standard InChI is InChI=1S/C13H18ClNO3/c1-8(4-9(16)7-15)10-5-12-13(6-11(10)14)18-3-2-17-12/h5-6,8-9,16H,2-4,7,15H2,1H3. The van der Waals surface area contributed by atoms with E-state index >= 15 is 0 Å². The molecule has 0 aromatic heterocycles. The van der Waals surface area contributed by atoms with Crippen LogP contribution in [0, 0.1) is 0 Å². The molecule has 0 radical (unpaired) electrons. The van der Waals surface area contributed by atoms with E-state index in [1.807, 2.05) is 13.0 Å². The molecule has 0 spiro atoms. The molecule has 0 bridgehead atoms. The number of benzene rings is 1. The van der Waals surface area contributed by atoms with Gasteiger partial charge in [0.2, 0.25) is 0 Å². The SMILES string of the molecule is CC(CC(O)CN)c1cc2c(cc1Cl)OCCO2. The zero-order chi connectivity index (χ0) is 13.1. The van der Waals surface area contributed by atoms with Gasteiger partial charge in [0, 0.05) is 17.6 Å². The first-order valence-corrected chi connectivity index (χ1v) is 6.46. The molecule has 1 heterocycles. The fourth-order valence-corrected chi connectivity index (χ4v) is 2.43. The number of aliphatic hydroxyl groups is 1. The van der Waals surface area contributed by atoms with Crippen LogP contribution >= 0.6 is 11.6 Å². The van der Waals surface area contributed by atoms with Crippen LogP contribution in [0.4, 0.5) is 0 Å². The summed E-state index contributed by atoms with van der Waals surface area (Å²) < 4.78 is 11.0. The van der Waals surface area contributed by atoms with Gasteiger partial charge in [-0.2, -0.15) is 0 Å². The van der Waals surface area contributed by atoms with Crippen LogP contribution in [-0.2, 0) is 0 Å². The summed E-state index contributed by atoms with van der Waals surface area (Å²) in [6.07, 6.45) is 0.0693. The highest BCUT2D eigenvalue weighted by Crippen LogP contribution is 2.39. The van der Waals surface area contributed by atoms with Crippen LogP contribution in [0.2, 0.25) is 5.02 Å². The van der Waals surface area contributed by atoms with Gasteiger partial charge in [0.05, 0.1) is 6.10 Å². The molecule has 0 saturated heterocycles. The molecule has 0 amide bonds. The van der Waals surface area contributed by atoms with Gasteiger partial charge >= 0.3 is 0 Å². The van der Waals surface area contributed by atoms with Gasteiger partial charge < -0.3 is 20.3 Å². The molecule has 2 unspecified atom stereocenters. The van der Waals surface area contributed by atoms with Crippen molar-refractivity contribution in [1.82, 2.24) is 0 Å². The Morgan fingerprint density at radius 1 is 1.33 bits per heavy atom. The lowest BCUT2D eigenvalue weighted by Gasteiger charge is -2.22. The van der Waals surface area contributed by atoms with Crippen LogP contribution < -0.4 is 15.2 Å². The lowest BCUT2D eigenvalue weighted by molar-refractivity contribution is 0.163. The Bertz CT molecular complexity index is 425. The summed E-state index contributed by atoms with van der Waals surface area (Å²) in [7, 11) is 0. The molecule has 1 aromatic carbocycles. The van der Waals surface area contributed by atoms with Gasteiger partial charge in [-0.25, -0.2) is 0 Å². The number of aliphatic hydroxyl groups excluding tert-OH is 1. The first-order valence-electron chi connectivity index (χ1n) is 6.09. The van der Waals surface area contributed by atoms with Crippen molar-refractivity contribution < 1.29 is 14.6 Å². The maximum atomic E-state index is 9.59. The van der Waals surface area contributed by atoms with E-state index in [4.69, 9.17) is 26.8 Å². The first-order chi connectivity index (χ1) is 8.61. The molecule has 2 rings (SSSR count). The van der Waals surface area contributed by atoms with Gasteiger partial charge in [-0.3, -0.25) is 0 Å². The molecule has 1 aliphatic heterocycles. The van der Waals surface area contributed by atoms with Crippen LogP contribution in [-0.4, -0.2) is 31.0 Å². The lowest BCUT2D eigenvalue weighted by Crippen LogP contribution is -2.21. The minimum Gasteiger partial charge on any atom is -0.486 e. The second-order valence-corrected chi connectivity index (χ2v) is 4.95.